The van der Waals surface area contributed by atoms with Crippen LogP contribution in [0.1, 0.15) is 38.5 Å². The molecule has 90 valence electrons. The van der Waals surface area contributed by atoms with E-state index in [1.54, 1.807) is 0 Å². The molecule has 0 aromatic heterocycles. The lowest BCUT2D eigenvalue weighted by molar-refractivity contribution is 0.281. The van der Waals surface area contributed by atoms with Crippen molar-refractivity contribution in [2.45, 2.75) is 44.6 Å². The Bertz CT molecular complexity index is 157. The van der Waals surface area contributed by atoms with Crippen LogP contribution in [0.4, 0.5) is 0 Å². The second-order valence-electron chi connectivity index (χ2n) is 5.02. The Morgan fingerprint density at radius 1 is 0.867 bits per heavy atom. The maximum Gasteiger partial charge on any atom is 0.139 e. The Hall–Kier alpha value is 0.0969. The second kappa shape index (κ2) is 6.63. The molecule has 0 aliphatic heterocycles. The van der Waals surface area contributed by atoms with Crippen LogP contribution in [0.15, 0.2) is 0 Å². The number of hydrogen-bond donors (Lipinski definition) is 3. The van der Waals surface area contributed by atoms with E-state index in [1.165, 1.54) is 32.1 Å². The predicted octanol–water partition coefficient (Wildman–Crippen LogP) is 1.00. The highest BCUT2D eigenvalue weighted by atomic mass is 28.3. The molecule has 0 radical (unpaired) electrons. The van der Waals surface area contributed by atoms with Gasteiger partial charge in [-0.05, 0) is 5.92 Å². The fraction of sp³-hybridized carbons (Fsp3) is 1.00. The molecule has 1 rings (SSSR count). The molecule has 0 aromatic rings. The summed E-state index contributed by atoms with van der Waals surface area (Å²) in [4.78, 5) is 0. The molecule has 3 N–H and O–H groups in total. The van der Waals surface area contributed by atoms with Gasteiger partial charge in [-0.25, -0.2) is 0 Å². The monoisotopic (exact) mass is 232 g/mol. The lowest BCUT2D eigenvalue weighted by Gasteiger charge is -2.28. The topological polar surface area (TPSA) is 60.7 Å². The fourth-order valence-corrected chi connectivity index (χ4v) is 4.17. The molecule has 0 bridgehead atoms. The van der Waals surface area contributed by atoms with Crippen molar-refractivity contribution < 1.29 is 15.3 Å². The number of aliphatic hydroxyl groups is 3. The summed E-state index contributed by atoms with van der Waals surface area (Å²) in [6.45, 7) is 0. The largest absolute Gasteiger partial charge is 0.399 e. The normalized spacial score (nSPS) is 19.4. The van der Waals surface area contributed by atoms with Crippen LogP contribution in [0.3, 0.4) is 0 Å². The zero-order chi connectivity index (χ0) is 11.1. The highest BCUT2D eigenvalue weighted by molar-refractivity contribution is 6.79. The van der Waals surface area contributed by atoms with Gasteiger partial charge in [0, 0.05) is 18.7 Å². The molecule has 0 aromatic carbocycles. The molecule has 0 atom stereocenters. The Morgan fingerprint density at radius 3 is 1.87 bits per heavy atom. The first-order valence-corrected chi connectivity index (χ1v) is 8.92. The third-order valence-electron chi connectivity index (χ3n) is 3.81. The van der Waals surface area contributed by atoms with E-state index >= 15 is 0 Å². The van der Waals surface area contributed by atoms with Crippen LogP contribution in [0.25, 0.3) is 0 Å². The summed E-state index contributed by atoms with van der Waals surface area (Å²) in [5.74, 6) is 0.773. The summed E-state index contributed by atoms with van der Waals surface area (Å²) in [5, 5.41) is 27.7. The van der Waals surface area contributed by atoms with E-state index in [4.69, 9.17) is 0 Å². The first-order chi connectivity index (χ1) is 7.26. The van der Waals surface area contributed by atoms with Crippen LogP contribution in [0.2, 0.25) is 6.04 Å². The minimum atomic E-state index is -2.13. The van der Waals surface area contributed by atoms with Gasteiger partial charge < -0.3 is 15.3 Å². The van der Waals surface area contributed by atoms with Crippen molar-refractivity contribution in [1.29, 1.82) is 0 Å². The van der Waals surface area contributed by atoms with E-state index in [-0.39, 0.29) is 18.7 Å². The molecule has 1 aliphatic rings. The second-order valence-corrected chi connectivity index (χ2v) is 9.47. The lowest BCUT2D eigenvalue weighted by atomic mass is 9.88. The van der Waals surface area contributed by atoms with Crippen molar-refractivity contribution in [3.05, 3.63) is 0 Å². The molecule has 0 saturated heterocycles. The van der Waals surface area contributed by atoms with Crippen molar-refractivity contribution in [3.8, 4) is 0 Å². The van der Waals surface area contributed by atoms with Gasteiger partial charge in [-0.2, -0.15) is 0 Å². The Balaban J connectivity index is 2.31. The van der Waals surface area contributed by atoms with Crippen molar-refractivity contribution in [3.63, 3.8) is 0 Å². The molecule has 1 saturated carbocycles. The molecular weight excluding hydrogens is 208 g/mol. The third kappa shape index (κ3) is 3.87. The van der Waals surface area contributed by atoms with Crippen LogP contribution >= 0.6 is 0 Å². The van der Waals surface area contributed by atoms with Gasteiger partial charge in [0.25, 0.3) is 0 Å². The van der Waals surface area contributed by atoms with Crippen molar-refractivity contribution in [2.24, 2.45) is 5.92 Å². The molecule has 15 heavy (non-hydrogen) atoms. The summed E-state index contributed by atoms with van der Waals surface area (Å²) in [5.41, 5.74) is 0. The van der Waals surface area contributed by atoms with Gasteiger partial charge in [-0.3, -0.25) is 0 Å². The number of hydrogen-bond acceptors (Lipinski definition) is 3. The van der Waals surface area contributed by atoms with Gasteiger partial charge in [0.05, 0.1) is 0 Å². The quantitative estimate of drug-likeness (QED) is 0.599. The lowest BCUT2D eigenvalue weighted by Crippen LogP contribution is -2.48. The summed E-state index contributed by atoms with van der Waals surface area (Å²) >= 11 is 0. The first kappa shape index (κ1) is 13.2. The van der Waals surface area contributed by atoms with Crippen LogP contribution in [-0.4, -0.2) is 42.1 Å². The summed E-state index contributed by atoms with van der Waals surface area (Å²) in [6.07, 6.45) is 7.77. The first-order valence-electron chi connectivity index (χ1n) is 6.09. The Kier molecular flexibility index (Phi) is 5.82. The summed E-state index contributed by atoms with van der Waals surface area (Å²) in [7, 11) is -2.13. The van der Waals surface area contributed by atoms with Crippen LogP contribution in [-0.2, 0) is 0 Å². The van der Waals surface area contributed by atoms with Gasteiger partial charge in [0.2, 0.25) is 0 Å². The predicted molar refractivity (Wildman–Crippen MR) is 63.0 cm³/mol. The molecular formula is C11H24O3Si. The van der Waals surface area contributed by atoms with Crippen molar-refractivity contribution in [2.75, 3.05) is 18.7 Å². The third-order valence-corrected chi connectivity index (χ3v) is 7.18. The minimum Gasteiger partial charge on any atom is -0.399 e. The van der Waals surface area contributed by atoms with E-state index in [2.05, 4.69) is 0 Å². The SMILES string of the molecule is OC[Si](CO)(CO)CCC1CCCCC1. The molecule has 0 amide bonds. The molecule has 4 heteroatoms. The van der Waals surface area contributed by atoms with Crippen LogP contribution < -0.4 is 0 Å². The molecule has 0 unspecified atom stereocenters. The number of aliphatic hydroxyl groups excluding tert-OH is 3. The van der Waals surface area contributed by atoms with Crippen LogP contribution in [0.5, 0.6) is 0 Å². The average Bonchev–Trinajstić information content (AvgIpc) is 2.33. The highest BCUT2D eigenvalue weighted by Gasteiger charge is 2.32. The zero-order valence-corrected chi connectivity index (χ0v) is 10.5. The van der Waals surface area contributed by atoms with E-state index in [9.17, 15) is 15.3 Å². The Morgan fingerprint density at radius 2 is 1.40 bits per heavy atom. The fourth-order valence-electron chi connectivity index (χ4n) is 2.37. The van der Waals surface area contributed by atoms with Crippen molar-refractivity contribution in [1.82, 2.24) is 0 Å². The smallest absolute Gasteiger partial charge is 0.139 e. The average molecular weight is 232 g/mol. The van der Waals surface area contributed by atoms with E-state index in [1.807, 2.05) is 0 Å². The Labute approximate surface area is 93.1 Å². The highest BCUT2D eigenvalue weighted by Crippen LogP contribution is 2.29. The summed E-state index contributed by atoms with van der Waals surface area (Å²) in [6, 6.07) is 0.876. The van der Waals surface area contributed by atoms with E-state index < -0.39 is 8.07 Å². The van der Waals surface area contributed by atoms with E-state index in [0.717, 1.165) is 18.4 Å². The maximum absolute atomic E-state index is 9.25. The molecule has 1 aliphatic carbocycles. The standard InChI is InChI=1S/C11H24O3Si/c12-8-15(9-13,10-14)7-6-11-4-2-1-3-5-11/h11-14H,1-10H2. The van der Waals surface area contributed by atoms with Crippen LogP contribution in [0, 0.1) is 5.92 Å². The summed E-state index contributed by atoms with van der Waals surface area (Å²) < 4.78 is 0. The van der Waals surface area contributed by atoms with Gasteiger partial charge in [-0.15, -0.1) is 0 Å². The van der Waals surface area contributed by atoms with Crippen molar-refractivity contribution >= 4 is 8.07 Å². The zero-order valence-electron chi connectivity index (χ0n) is 9.49. The minimum absolute atomic E-state index is 0.0206. The molecule has 0 spiro atoms. The van der Waals surface area contributed by atoms with Gasteiger partial charge in [-0.1, -0.05) is 44.6 Å². The number of rotatable bonds is 6. The molecule has 0 heterocycles. The molecule has 1 fully saturated rings. The van der Waals surface area contributed by atoms with Gasteiger partial charge in [0.15, 0.2) is 0 Å². The molecule has 3 nitrogen and oxygen atoms in total. The van der Waals surface area contributed by atoms with Gasteiger partial charge >= 0.3 is 0 Å². The van der Waals surface area contributed by atoms with Gasteiger partial charge in [0.1, 0.15) is 8.07 Å². The maximum atomic E-state index is 9.25. The van der Waals surface area contributed by atoms with E-state index in [0.29, 0.717) is 0 Å².